The molecule has 1 rings (SSSR count). The van der Waals surface area contributed by atoms with Crippen molar-refractivity contribution in [2.24, 2.45) is 4.99 Å². The van der Waals surface area contributed by atoms with Crippen LogP contribution in [0, 0.1) is 0 Å². The van der Waals surface area contributed by atoms with E-state index in [-0.39, 0.29) is 5.78 Å². The molecule has 50 valence electrons. The van der Waals surface area contributed by atoms with E-state index >= 15 is 0 Å². The fourth-order valence-electron chi connectivity index (χ4n) is 0.722. The van der Waals surface area contributed by atoms with Gasteiger partial charge < -0.3 is 5.21 Å². The first-order valence-electron chi connectivity index (χ1n) is 2.69. The molecule has 4 nitrogen and oxygen atoms in total. The third kappa shape index (κ3) is 1.14. The highest BCUT2D eigenvalue weighted by atomic mass is 16.5. The average molecular weight is 128 g/mol. The lowest BCUT2D eigenvalue weighted by Gasteiger charge is -2.10. The number of carbonyl (C=O) groups excluding carboxylic acids is 1. The Bertz CT molecular complexity index is 155. The van der Waals surface area contributed by atoms with Crippen LogP contribution in [0.1, 0.15) is 6.92 Å². The number of hydrogen-bond acceptors (Lipinski definition) is 4. The van der Waals surface area contributed by atoms with Gasteiger partial charge in [-0.05, 0) is 6.92 Å². The van der Waals surface area contributed by atoms with Gasteiger partial charge in [-0.2, -0.15) is 5.06 Å². The van der Waals surface area contributed by atoms with Crippen molar-refractivity contribution in [1.82, 2.24) is 5.06 Å². The van der Waals surface area contributed by atoms with Crippen molar-refractivity contribution in [3.8, 4) is 0 Å². The number of Topliss-reactive ketones (excluding diaryl/α,β-unsaturated/α-hetero) is 1. The first-order valence-corrected chi connectivity index (χ1v) is 2.69. The van der Waals surface area contributed by atoms with Gasteiger partial charge in [0.2, 0.25) is 0 Å². The van der Waals surface area contributed by atoms with Crippen LogP contribution < -0.4 is 0 Å². The van der Waals surface area contributed by atoms with Gasteiger partial charge in [-0.25, -0.2) is 0 Å². The molecular weight excluding hydrogens is 120 g/mol. The average Bonchev–Trinajstić information content (AvgIpc) is 2.13. The second-order valence-electron chi connectivity index (χ2n) is 1.94. The number of rotatable bonds is 1. The van der Waals surface area contributed by atoms with Crippen molar-refractivity contribution >= 4 is 12.0 Å². The minimum atomic E-state index is -0.648. The Morgan fingerprint density at radius 1 is 2.00 bits per heavy atom. The van der Waals surface area contributed by atoms with Gasteiger partial charge in [-0.3, -0.25) is 9.79 Å². The Labute approximate surface area is 52.8 Å². The monoisotopic (exact) mass is 128 g/mol. The molecule has 0 spiro atoms. The lowest BCUT2D eigenvalue weighted by molar-refractivity contribution is -0.141. The third-order valence-electron chi connectivity index (χ3n) is 1.16. The molecule has 1 atom stereocenters. The molecule has 1 heterocycles. The maximum Gasteiger partial charge on any atom is 0.182 e. The van der Waals surface area contributed by atoms with Gasteiger partial charge in [0, 0.05) is 6.21 Å². The van der Waals surface area contributed by atoms with Gasteiger partial charge in [0.05, 0.1) is 6.54 Å². The van der Waals surface area contributed by atoms with Gasteiger partial charge in [0.25, 0.3) is 0 Å². The molecule has 0 fully saturated rings. The summed E-state index contributed by atoms with van der Waals surface area (Å²) in [6.07, 6.45) is 0.872. The molecule has 1 unspecified atom stereocenters. The van der Waals surface area contributed by atoms with Crippen molar-refractivity contribution in [1.29, 1.82) is 0 Å². The van der Waals surface area contributed by atoms with Crippen LogP contribution in [-0.2, 0) is 4.79 Å². The Hall–Kier alpha value is -0.740. The molecule has 0 aromatic heterocycles. The molecule has 0 amide bonds. The van der Waals surface area contributed by atoms with Gasteiger partial charge in [0.15, 0.2) is 11.9 Å². The molecule has 0 saturated heterocycles. The lowest BCUT2D eigenvalue weighted by atomic mass is 10.4. The molecule has 9 heavy (non-hydrogen) atoms. The second-order valence-corrected chi connectivity index (χ2v) is 1.94. The summed E-state index contributed by atoms with van der Waals surface area (Å²) in [6.45, 7) is 1.75. The zero-order valence-electron chi connectivity index (χ0n) is 5.11. The highest BCUT2D eigenvalue weighted by Crippen LogP contribution is 2.02. The van der Waals surface area contributed by atoms with Gasteiger partial charge in [-0.15, -0.1) is 0 Å². The molecule has 0 aromatic rings. The minimum absolute atomic E-state index is 0.133. The molecule has 1 N–H and O–H groups in total. The molecule has 0 aliphatic carbocycles. The summed E-state index contributed by atoms with van der Waals surface area (Å²) < 4.78 is 0. The van der Waals surface area contributed by atoms with Gasteiger partial charge in [0.1, 0.15) is 0 Å². The molecule has 1 aliphatic rings. The normalized spacial score (nSPS) is 27.1. The number of carbonyl (C=O) groups is 1. The second kappa shape index (κ2) is 2.24. The first-order chi connectivity index (χ1) is 4.22. The van der Waals surface area contributed by atoms with Crippen molar-refractivity contribution in [2.45, 2.75) is 13.1 Å². The largest absolute Gasteiger partial charge is 0.311 e. The van der Waals surface area contributed by atoms with Crippen LogP contribution in [0.3, 0.4) is 0 Å². The summed E-state index contributed by atoms with van der Waals surface area (Å²) in [5.74, 6) is -0.133. The highest BCUT2D eigenvalue weighted by molar-refractivity contribution is 5.84. The van der Waals surface area contributed by atoms with Crippen LogP contribution in [-0.4, -0.2) is 35.0 Å². The van der Waals surface area contributed by atoms with E-state index < -0.39 is 6.17 Å². The molecule has 0 radical (unpaired) electrons. The van der Waals surface area contributed by atoms with Crippen molar-refractivity contribution in [3.63, 3.8) is 0 Å². The van der Waals surface area contributed by atoms with Crippen LogP contribution in [0.5, 0.6) is 0 Å². The van der Waals surface area contributed by atoms with Crippen LogP contribution in [0.4, 0.5) is 0 Å². The third-order valence-corrected chi connectivity index (χ3v) is 1.16. The predicted octanol–water partition coefficient (Wildman–Crippen LogP) is -0.323. The number of aliphatic imine (C=N–C) groups is 1. The minimum Gasteiger partial charge on any atom is -0.311 e. The zero-order valence-corrected chi connectivity index (χ0v) is 5.11. The van der Waals surface area contributed by atoms with E-state index in [0.717, 1.165) is 5.06 Å². The molecular formula is C5H8N2O2. The first kappa shape index (κ1) is 6.38. The summed E-state index contributed by atoms with van der Waals surface area (Å²) in [5.41, 5.74) is 0. The maximum atomic E-state index is 10.5. The smallest absolute Gasteiger partial charge is 0.182 e. The van der Waals surface area contributed by atoms with E-state index in [4.69, 9.17) is 5.21 Å². The summed E-state index contributed by atoms with van der Waals surface area (Å²) in [4.78, 5) is 14.3. The summed E-state index contributed by atoms with van der Waals surface area (Å²) >= 11 is 0. The standard InChI is InChI=1S/C5H8N2O2/c1-4(8)5-6-2-3-7(5)9/h2,5,9H,3H2,1H3. The zero-order chi connectivity index (χ0) is 6.85. The van der Waals surface area contributed by atoms with Gasteiger partial charge >= 0.3 is 0 Å². The lowest BCUT2D eigenvalue weighted by Crippen LogP contribution is -2.32. The van der Waals surface area contributed by atoms with E-state index in [1.807, 2.05) is 0 Å². The molecule has 0 saturated carbocycles. The Balaban J connectivity index is 2.59. The van der Waals surface area contributed by atoms with Crippen LogP contribution in [0.2, 0.25) is 0 Å². The van der Waals surface area contributed by atoms with Crippen molar-refractivity contribution < 1.29 is 10.0 Å². The van der Waals surface area contributed by atoms with E-state index in [0.29, 0.717) is 6.54 Å². The molecule has 1 aliphatic heterocycles. The summed E-state index contributed by atoms with van der Waals surface area (Å²) in [5, 5.41) is 9.75. The maximum absolute atomic E-state index is 10.5. The fourth-order valence-corrected chi connectivity index (χ4v) is 0.722. The van der Waals surface area contributed by atoms with Gasteiger partial charge in [-0.1, -0.05) is 0 Å². The van der Waals surface area contributed by atoms with E-state index in [9.17, 15) is 4.79 Å². The van der Waals surface area contributed by atoms with Crippen LogP contribution >= 0.6 is 0 Å². The molecule has 0 bridgehead atoms. The highest BCUT2D eigenvalue weighted by Gasteiger charge is 2.22. The molecule has 4 heteroatoms. The number of nitrogens with zero attached hydrogens (tertiary/aromatic N) is 2. The Morgan fingerprint density at radius 3 is 2.89 bits per heavy atom. The molecule has 0 aromatic carbocycles. The Kier molecular flexibility index (Phi) is 1.59. The van der Waals surface area contributed by atoms with Crippen molar-refractivity contribution in [2.75, 3.05) is 6.54 Å². The number of hydroxylamine groups is 2. The number of hydrogen-bond donors (Lipinski definition) is 1. The van der Waals surface area contributed by atoms with Crippen LogP contribution in [0.25, 0.3) is 0 Å². The summed E-state index contributed by atoms with van der Waals surface area (Å²) in [7, 11) is 0. The predicted molar refractivity (Wildman–Crippen MR) is 31.5 cm³/mol. The van der Waals surface area contributed by atoms with E-state index in [1.54, 1.807) is 0 Å². The fraction of sp³-hybridized carbons (Fsp3) is 0.600. The quantitative estimate of drug-likeness (QED) is 0.526. The topological polar surface area (TPSA) is 52.9 Å². The Morgan fingerprint density at radius 2 is 2.67 bits per heavy atom. The summed E-state index contributed by atoms with van der Waals surface area (Å²) in [6, 6.07) is 0. The number of ketones is 1. The van der Waals surface area contributed by atoms with E-state index in [1.165, 1.54) is 13.1 Å². The van der Waals surface area contributed by atoms with E-state index in [2.05, 4.69) is 4.99 Å². The van der Waals surface area contributed by atoms with Crippen molar-refractivity contribution in [3.05, 3.63) is 0 Å². The van der Waals surface area contributed by atoms with Crippen LogP contribution in [0.15, 0.2) is 4.99 Å². The SMILES string of the molecule is CC(=O)C1N=CCN1O.